The van der Waals surface area contributed by atoms with Gasteiger partial charge in [-0.25, -0.2) is 14.4 Å². The summed E-state index contributed by atoms with van der Waals surface area (Å²) in [7, 11) is 0. The molecule has 1 aromatic carbocycles. The van der Waals surface area contributed by atoms with Gasteiger partial charge in [0.15, 0.2) is 11.6 Å². The van der Waals surface area contributed by atoms with Gasteiger partial charge in [0.05, 0.1) is 17.0 Å². The molecule has 3 aliphatic carbocycles. The monoisotopic (exact) mass is 464 g/mol. The third-order valence-electron chi connectivity index (χ3n) is 8.08. The number of carbonyl (C=O) groups is 1. The molecule has 0 N–H and O–H groups in total. The Labute approximate surface area is 203 Å². The van der Waals surface area contributed by atoms with E-state index in [9.17, 15) is 10.1 Å². The number of nitrogens with zero attached hydrogens (tertiary/aromatic N) is 4. The minimum absolute atomic E-state index is 0.0103. The van der Waals surface area contributed by atoms with Crippen LogP contribution in [0.4, 0.5) is 4.39 Å². The van der Waals surface area contributed by atoms with E-state index in [0.29, 0.717) is 29.4 Å². The Hall–Kier alpha value is -3.72. The van der Waals surface area contributed by atoms with Crippen molar-refractivity contribution in [2.45, 2.75) is 50.9 Å². The topological polar surface area (TPSA) is 79.5 Å². The second-order valence-electron chi connectivity index (χ2n) is 10.2. The van der Waals surface area contributed by atoms with Crippen molar-refractivity contribution in [3.8, 4) is 28.7 Å². The summed E-state index contributed by atoms with van der Waals surface area (Å²) >= 11 is 0. The van der Waals surface area contributed by atoms with Gasteiger partial charge in [0.25, 0.3) is 0 Å². The molecular weight excluding hydrogens is 439 g/mol. The maximum Gasteiger partial charge on any atom is 0.176 e. The second-order valence-corrected chi connectivity index (χ2v) is 10.2. The number of hydrogen-bond acceptors (Lipinski definition) is 5. The summed E-state index contributed by atoms with van der Waals surface area (Å²) in [4.78, 5) is 27.3. The highest BCUT2D eigenvalue weighted by molar-refractivity contribution is 6.02. The van der Waals surface area contributed by atoms with Crippen LogP contribution in [0, 0.1) is 29.0 Å². The fourth-order valence-corrected chi connectivity index (χ4v) is 6.10. The van der Waals surface area contributed by atoms with Crippen molar-refractivity contribution in [2.24, 2.45) is 11.8 Å². The highest BCUT2D eigenvalue weighted by Gasteiger charge is 2.50. The first kappa shape index (κ1) is 21.8. The normalized spacial score (nSPS) is 25.3. The van der Waals surface area contributed by atoms with Crippen molar-refractivity contribution >= 4 is 5.78 Å². The quantitative estimate of drug-likeness (QED) is 0.496. The number of pyridine rings is 1. The lowest BCUT2D eigenvalue weighted by Crippen LogP contribution is -2.46. The molecule has 6 heteroatoms. The van der Waals surface area contributed by atoms with Crippen LogP contribution >= 0.6 is 0 Å². The molecule has 174 valence electrons. The Morgan fingerprint density at radius 2 is 1.91 bits per heavy atom. The van der Waals surface area contributed by atoms with Gasteiger partial charge in [0.1, 0.15) is 11.9 Å². The van der Waals surface area contributed by atoms with Gasteiger partial charge in [-0.05, 0) is 61.3 Å². The van der Waals surface area contributed by atoms with E-state index >= 15 is 4.39 Å². The Morgan fingerprint density at radius 1 is 1.11 bits per heavy atom. The molecule has 2 heterocycles. The van der Waals surface area contributed by atoms with Crippen molar-refractivity contribution in [1.82, 2.24) is 15.0 Å². The third kappa shape index (κ3) is 3.33. The molecule has 1 saturated carbocycles. The first-order valence-corrected chi connectivity index (χ1v) is 12.2. The number of benzene rings is 1. The number of halogens is 1. The molecular formula is C29H25FN4O. The Bertz CT molecular complexity index is 1450. The SMILES string of the molecule is C[C@H]1C(=O)C(C#N)=C[C@@]2(C)c3nc(-c4ccncc4C4CC4)nc(-c4ccccc4F)c3CC[C@H]12. The second kappa shape index (κ2) is 7.91. The minimum Gasteiger partial charge on any atom is -0.293 e. The zero-order valence-electron chi connectivity index (χ0n) is 19.8. The molecule has 3 atom stereocenters. The van der Waals surface area contributed by atoms with Crippen LogP contribution in [0.15, 0.2) is 54.4 Å². The highest BCUT2D eigenvalue weighted by atomic mass is 19.1. The third-order valence-corrected chi connectivity index (χ3v) is 8.08. The average molecular weight is 465 g/mol. The summed E-state index contributed by atoms with van der Waals surface area (Å²) in [6.45, 7) is 3.97. The largest absolute Gasteiger partial charge is 0.293 e. The lowest BCUT2D eigenvalue weighted by Gasteiger charge is -2.45. The summed E-state index contributed by atoms with van der Waals surface area (Å²) in [6, 6.07) is 10.7. The molecule has 0 saturated heterocycles. The number of fused-ring (bicyclic) bond motifs is 3. The summed E-state index contributed by atoms with van der Waals surface area (Å²) in [5.41, 5.74) is 4.31. The summed E-state index contributed by atoms with van der Waals surface area (Å²) in [5.74, 6) is 0.277. The predicted molar refractivity (Wildman–Crippen MR) is 130 cm³/mol. The standard InChI is InChI=1S/C29H25FN4O/c1-16-23-10-9-21-25(20-5-3-4-6-24(20)30)33-28(19-11-12-32-15-22(19)17-7-8-17)34-27(21)29(23,2)13-18(14-31)26(16)35/h3-6,11-13,15-17,23H,7-10H2,1-2H3/t16-,23-,29-/m1/s1. The van der Waals surface area contributed by atoms with Crippen molar-refractivity contribution in [2.75, 3.05) is 0 Å². The van der Waals surface area contributed by atoms with Gasteiger partial charge < -0.3 is 0 Å². The molecule has 0 unspecified atom stereocenters. The molecule has 0 aliphatic heterocycles. The smallest absolute Gasteiger partial charge is 0.176 e. The van der Waals surface area contributed by atoms with E-state index in [1.54, 1.807) is 24.4 Å². The maximum atomic E-state index is 15.1. The van der Waals surface area contributed by atoms with Crippen LogP contribution in [0.1, 0.15) is 55.8 Å². The fourth-order valence-electron chi connectivity index (χ4n) is 6.10. The van der Waals surface area contributed by atoms with Gasteiger partial charge in [-0.15, -0.1) is 0 Å². The van der Waals surface area contributed by atoms with Crippen molar-refractivity contribution < 1.29 is 9.18 Å². The number of hydrogen-bond donors (Lipinski definition) is 0. The predicted octanol–water partition coefficient (Wildman–Crippen LogP) is 5.71. The van der Waals surface area contributed by atoms with Gasteiger partial charge in [0.2, 0.25) is 0 Å². The van der Waals surface area contributed by atoms with E-state index in [-0.39, 0.29) is 29.0 Å². The zero-order valence-corrected chi connectivity index (χ0v) is 19.8. The molecule has 3 aliphatic rings. The Morgan fingerprint density at radius 3 is 2.66 bits per heavy atom. The Balaban J connectivity index is 1.66. The van der Waals surface area contributed by atoms with Gasteiger partial charge in [0, 0.05) is 40.4 Å². The number of allylic oxidation sites excluding steroid dienone is 2. The number of rotatable bonds is 3. The Kier molecular flexibility index (Phi) is 4.93. The minimum atomic E-state index is -0.629. The van der Waals surface area contributed by atoms with E-state index < -0.39 is 5.41 Å². The summed E-state index contributed by atoms with van der Waals surface area (Å²) in [6.07, 6.45) is 9.05. The molecule has 3 aromatic rings. The van der Waals surface area contributed by atoms with E-state index in [1.165, 1.54) is 6.07 Å². The highest BCUT2D eigenvalue weighted by Crippen LogP contribution is 2.51. The number of nitriles is 1. The van der Waals surface area contributed by atoms with Gasteiger partial charge in [-0.1, -0.05) is 32.1 Å². The molecule has 5 nitrogen and oxygen atoms in total. The van der Waals surface area contributed by atoms with Crippen molar-refractivity contribution in [3.63, 3.8) is 0 Å². The lowest BCUT2D eigenvalue weighted by molar-refractivity contribution is -0.121. The van der Waals surface area contributed by atoms with Gasteiger partial charge in [-0.3, -0.25) is 9.78 Å². The summed E-state index contributed by atoms with van der Waals surface area (Å²) < 4.78 is 15.1. The van der Waals surface area contributed by atoms with Crippen LogP contribution < -0.4 is 0 Å². The van der Waals surface area contributed by atoms with Crippen LogP contribution in [-0.4, -0.2) is 20.7 Å². The number of aromatic nitrogens is 3. The number of carbonyl (C=O) groups excluding carboxylic acids is 1. The molecule has 0 amide bonds. The zero-order chi connectivity index (χ0) is 24.3. The molecule has 35 heavy (non-hydrogen) atoms. The number of Topliss-reactive ketones (excluding diaryl/α,β-unsaturated/α-hetero) is 1. The molecule has 0 radical (unpaired) electrons. The van der Waals surface area contributed by atoms with Crippen LogP contribution in [0.5, 0.6) is 0 Å². The van der Waals surface area contributed by atoms with E-state index in [0.717, 1.165) is 41.6 Å². The van der Waals surface area contributed by atoms with E-state index in [4.69, 9.17) is 9.97 Å². The fraction of sp³-hybridized carbons (Fsp3) is 0.345. The average Bonchev–Trinajstić information content (AvgIpc) is 3.72. The van der Waals surface area contributed by atoms with Gasteiger partial charge >= 0.3 is 0 Å². The van der Waals surface area contributed by atoms with E-state index in [2.05, 4.69) is 18.0 Å². The van der Waals surface area contributed by atoms with Crippen LogP contribution in [0.25, 0.3) is 22.6 Å². The molecule has 6 rings (SSSR count). The van der Waals surface area contributed by atoms with Gasteiger partial charge in [-0.2, -0.15) is 5.26 Å². The number of ketones is 1. The summed E-state index contributed by atoms with van der Waals surface area (Å²) in [5, 5.41) is 9.71. The first-order valence-electron chi connectivity index (χ1n) is 12.2. The molecule has 0 bridgehead atoms. The molecule has 1 fully saturated rings. The van der Waals surface area contributed by atoms with Crippen LogP contribution in [0.3, 0.4) is 0 Å². The lowest BCUT2D eigenvalue weighted by atomic mass is 9.57. The molecule has 2 aromatic heterocycles. The van der Waals surface area contributed by atoms with E-state index in [1.807, 2.05) is 25.3 Å². The van der Waals surface area contributed by atoms with Crippen LogP contribution in [0.2, 0.25) is 0 Å². The van der Waals surface area contributed by atoms with Crippen LogP contribution in [-0.2, 0) is 16.6 Å². The van der Waals surface area contributed by atoms with Crippen molar-refractivity contribution in [3.05, 3.63) is 77.0 Å². The first-order chi connectivity index (χ1) is 16.9. The van der Waals surface area contributed by atoms with Crippen molar-refractivity contribution in [1.29, 1.82) is 5.26 Å². The molecule has 0 spiro atoms. The maximum absolute atomic E-state index is 15.1.